The molecule has 0 saturated carbocycles. The molecule has 1 atom stereocenters. The summed E-state index contributed by atoms with van der Waals surface area (Å²) in [6, 6.07) is 0. The second-order valence-electron chi connectivity index (χ2n) is 2.53. The zero-order valence-electron chi connectivity index (χ0n) is 6.57. The average molecular weight is 162 g/mol. The minimum absolute atomic E-state index is 0.678. The van der Waals surface area contributed by atoms with Crippen molar-refractivity contribution >= 4 is 11.6 Å². The van der Waals surface area contributed by atoms with Crippen molar-refractivity contribution in [3.05, 3.63) is 12.7 Å². The first kappa shape index (κ1) is 9.99. The van der Waals surface area contributed by atoms with Crippen molar-refractivity contribution in [2.75, 3.05) is 19.0 Å². The van der Waals surface area contributed by atoms with Gasteiger partial charge in [-0.25, -0.2) is 0 Å². The highest BCUT2D eigenvalue weighted by Gasteiger charge is 1.97. The highest BCUT2D eigenvalue weighted by molar-refractivity contribution is 6.17. The van der Waals surface area contributed by atoms with E-state index in [-0.39, 0.29) is 0 Å². The molecule has 0 rings (SSSR count). The molecule has 1 unspecified atom stereocenters. The third kappa shape index (κ3) is 6.12. The monoisotopic (exact) mass is 161 g/mol. The number of nitrogens with one attached hydrogen (secondary N) is 1. The summed E-state index contributed by atoms with van der Waals surface area (Å²) in [5.41, 5.74) is 0. The van der Waals surface area contributed by atoms with E-state index in [2.05, 4.69) is 18.8 Å². The van der Waals surface area contributed by atoms with Gasteiger partial charge in [0, 0.05) is 12.4 Å². The fraction of sp³-hybridized carbons (Fsp3) is 0.750. The molecule has 0 heterocycles. The summed E-state index contributed by atoms with van der Waals surface area (Å²) in [6.45, 7) is 7.74. The maximum Gasteiger partial charge on any atom is 0.0226 e. The lowest BCUT2D eigenvalue weighted by atomic mass is 10.1. The van der Waals surface area contributed by atoms with Crippen molar-refractivity contribution < 1.29 is 0 Å². The van der Waals surface area contributed by atoms with Gasteiger partial charge in [-0.2, -0.15) is 0 Å². The van der Waals surface area contributed by atoms with Gasteiger partial charge < -0.3 is 5.32 Å². The quantitative estimate of drug-likeness (QED) is 0.357. The Bertz CT molecular complexity index is 83.3. The summed E-state index contributed by atoms with van der Waals surface area (Å²) >= 11 is 5.56. The molecule has 0 radical (unpaired) electrons. The molecule has 0 aliphatic carbocycles. The lowest BCUT2D eigenvalue weighted by Crippen LogP contribution is -2.21. The first-order chi connectivity index (χ1) is 4.81. The van der Waals surface area contributed by atoms with Crippen LogP contribution in [-0.2, 0) is 0 Å². The van der Waals surface area contributed by atoms with Crippen LogP contribution in [0.3, 0.4) is 0 Å². The number of hydrogen-bond acceptors (Lipinski definition) is 1. The molecule has 0 aromatic heterocycles. The molecule has 0 aromatic carbocycles. The number of alkyl halides is 1. The maximum absolute atomic E-state index is 5.56. The average Bonchev–Trinajstić information content (AvgIpc) is 1.89. The summed E-state index contributed by atoms with van der Waals surface area (Å²) in [7, 11) is 0. The molecule has 0 spiro atoms. The van der Waals surface area contributed by atoms with E-state index < -0.39 is 0 Å². The predicted molar refractivity (Wildman–Crippen MR) is 47.6 cm³/mol. The Kier molecular flexibility index (Phi) is 7.09. The standard InChI is InChI=1S/C8H16ClN/c1-3-6-10-7-8(2)4-5-9/h3,8,10H,1,4-7H2,2H3. The Morgan fingerprint density at radius 2 is 2.40 bits per heavy atom. The van der Waals surface area contributed by atoms with E-state index in [0.717, 1.165) is 25.4 Å². The Morgan fingerprint density at radius 1 is 1.70 bits per heavy atom. The van der Waals surface area contributed by atoms with Crippen LogP contribution in [0.15, 0.2) is 12.7 Å². The lowest BCUT2D eigenvalue weighted by Gasteiger charge is -2.08. The Hall–Kier alpha value is -0.0100. The number of halogens is 1. The van der Waals surface area contributed by atoms with Gasteiger partial charge in [-0.3, -0.25) is 0 Å². The second kappa shape index (κ2) is 7.10. The number of rotatable bonds is 6. The zero-order chi connectivity index (χ0) is 7.82. The van der Waals surface area contributed by atoms with Crippen LogP contribution in [0.1, 0.15) is 13.3 Å². The van der Waals surface area contributed by atoms with Crippen molar-refractivity contribution in [2.24, 2.45) is 5.92 Å². The van der Waals surface area contributed by atoms with Crippen LogP contribution in [0.25, 0.3) is 0 Å². The molecule has 10 heavy (non-hydrogen) atoms. The minimum Gasteiger partial charge on any atom is -0.313 e. The molecule has 1 nitrogen and oxygen atoms in total. The summed E-state index contributed by atoms with van der Waals surface area (Å²) in [6.07, 6.45) is 2.96. The van der Waals surface area contributed by atoms with E-state index in [1.165, 1.54) is 0 Å². The summed E-state index contributed by atoms with van der Waals surface area (Å²) in [4.78, 5) is 0. The van der Waals surface area contributed by atoms with Gasteiger partial charge in [-0.15, -0.1) is 18.2 Å². The van der Waals surface area contributed by atoms with Crippen LogP contribution in [-0.4, -0.2) is 19.0 Å². The molecule has 0 aliphatic heterocycles. The Balaban J connectivity index is 3.04. The van der Waals surface area contributed by atoms with E-state index >= 15 is 0 Å². The molecular formula is C8H16ClN. The Labute approximate surface area is 68.5 Å². The third-order valence-electron chi connectivity index (χ3n) is 1.38. The smallest absolute Gasteiger partial charge is 0.0226 e. The number of hydrogen-bond donors (Lipinski definition) is 1. The SMILES string of the molecule is C=CCNCC(C)CCCl. The third-order valence-corrected chi connectivity index (χ3v) is 1.60. The molecule has 0 aromatic rings. The van der Waals surface area contributed by atoms with E-state index in [9.17, 15) is 0 Å². The van der Waals surface area contributed by atoms with Gasteiger partial charge in [0.15, 0.2) is 0 Å². The highest BCUT2D eigenvalue weighted by Crippen LogP contribution is 2.00. The van der Waals surface area contributed by atoms with Crippen LogP contribution in [0, 0.1) is 5.92 Å². The fourth-order valence-electron chi connectivity index (χ4n) is 0.720. The van der Waals surface area contributed by atoms with Gasteiger partial charge in [0.2, 0.25) is 0 Å². The van der Waals surface area contributed by atoms with Crippen LogP contribution < -0.4 is 5.32 Å². The molecule has 1 N–H and O–H groups in total. The topological polar surface area (TPSA) is 12.0 Å². The van der Waals surface area contributed by atoms with Gasteiger partial charge in [-0.05, 0) is 18.9 Å². The van der Waals surface area contributed by atoms with Crippen molar-refractivity contribution in [1.82, 2.24) is 5.32 Å². The zero-order valence-corrected chi connectivity index (χ0v) is 7.32. The molecule has 0 fully saturated rings. The molecule has 60 valence electrons. The normalized spacial score (nSPS) is 13.0. The summed E-state index contributed by atoms with van der Waals surface area (Å²) < 4.78 is 0. The van der Waals surface area contributed by atoms with Crippen LogP contribution in [0.4, 0.5) is 0 Å². The van der Waals surface area contributed by atoms with E-state index in [1.54, 1.807) is 0 Å². The first-order valence-electron chi connectivity index (χ1n) is 3.68. The molecule has 0 amide bonds. The van der Waals surface area contributed by atoms with Crippen LogP contribution in [0.2, 0.25) is 0 Å². The van der Waals surface area contributed by atoms with Crippen molar-refractivity contribution in [2.45, 2.75) is 13.3 Å². The molecule has 0 bridgehead atoms. The van der Waals surface area contributed by atoms with Gasteiger partial charge in [0.05, 0.1) is 0 Å². The molecule has 0 aliphatic rings. The van der Waals surface area contributed by atoms with Gasteiger partial charge >= 0.3 is 0 Å². The predicted octanol–water partition coefficient (Wildman–Crippen LogP) is 2.03. The lowest BCUT2D eigenvalue weighted by molar-refractivity contribution is 0.519. The highest BCUT2D eigenvalue weighted by atomic mass is 35.5. The maximum atomic E-state index is 5.56. The molecular weight excluding hydrogens is 146 g/mol. The summed E-state index contributed by atoms with van der Waals surface area (Å²) in [5, 5.41) is 3.24. The molecule has 0 saturated heterocycles. The van der Waals surface area contributed by atoms with Gasteiger partial charge in [-0.1, -0.05) is 13.0 Å². The minimum atomic E-state index is 0.678. The fourth-order valence-corrected chi connectivity index (χ4v) is 1.09. The van der Waals surface area contributed by atoms with E-state index in [1.807, 2.05) is 6.08 Å². The van der Waals surface area contributed by atoms with Crippen molar-refractivity contribution in [3.8, 4) is 0 Å². The van der Waals surface area contributed by atoms with Crippen molar-refractivity contribution in [3.63, 3.8) is 0 Å². The van der Waals surface area contributed by atoms with Crippen molar-refractivity contribution in [1.29, 1.82) is 0 Å². The van der Waals surface area contributed by atoms with E-state index in [0.29, 0.717) is 5.92 Å². The Morgan fingerprint density at radius 3 is 2.90 bits per heavy atom. The summed E-state index contributed by atoms with van der Waals surface area (Å²) in [5.74, 6) is 1.44. The van der Waals surface area contributed by atoms with Crippen LogP contribution in [0.5, 0.6) is 0 Å². The van der Waals surface area contributed by atoms with Crippen LogP contribution >= 0.6 is 11.6 Å². The van der Waals surface area contributed by atoms with E-state index in [4.69, 9.17) is 11.6 Å². The second-order valence-corrected chi connectivity index (χ2v) is 2.91. The largest absolute Gasteiger partial charge is 0.313 e. The van der Waals surface area contributed by atoms with Gasteiger partial charge in [0.1, 0.15) is 0 Å². The first-order valence-corrected chi connectivity index (χ1v) is 4.22. The molecule has 2 heteroatoms. The van der Waals surface area contributed by atoms with Gasteiger partial charge in [0.25, 0.3) is 0 Å².